The third-order valence-electron chi connectivity index (χ3n) is 5.45. The van der Waals surface area contributed by atoms with Gasteiger partial charge in [-0.3, -0.25) is 4.79 Å². The van der Waals surface area contributed by atoms with E-state index in [9.17, 15) is 13.6 Å². The first kappa shape index (κ1) is 15.7. The second-order valence-corrected chi connectivity index (χ2v) is 7.73. The van der Waals surface area contributed by atoms with E-state index >= 15 is 0 Å². The van der Waals surface area contributed by atoms with Crippen LogP contribution >= 0.6 is 11.3 Å². The van der Waals surface area contributed by atoms with Crippen LogP contribution < -0.4 is 0 Å². The lowest BCUT2D eigenvalue weighted by Gasteiger charge is -2.28. The van der Waals surface area contributed by atoms with Crippen molar-refractivity contribution in [2.75, 3.05) is 13.1 Å². The Morgan fingerprint density at radius 2 is 2.12 bits per heavy atom. The second-order valence-electron chi connectivity index (χ2n) is 6.87. The van der Waals surface area contributed by atoms with Gasteiger partial charge in [-0.25, -0.2) is 13.8 Å². The molecule has 1 aromatic carbocycles. The number of fused-ring (bicyclic) bond motifs is 1. The predicted molar refractivity (Wildman–Crippen MR) is 89.0 cm³/mol. The minimum absolute atomic E-state index is 0.107. The number of likely N-dealkylation sites (tertiary alicyclic amines) is 1. The summed E-state index contributed by atoms with van der Waals surface area (Å²) < 4.78 is 27.6. The summed E-state index contributed by atoms with van der Waals surface area (Å²) in [7, 11) is 0. The first-order valence-corrected chi connectivity index (χ1v) is 8.95. The van der Waals surface area contributed by atoms with Crippen molar-refractivity contribution in [3.63, 3.8) is 0 Å². The van der Waals surface area contributed by atoms with E-state index in [0.29, 0.717) is 18.7 Å². The number of thiazole rings is 1. The number of amides is 1. The Bertz CT molecular complexity index is 776. The van der Waals surface area contributed by atoms with Crippen LogP contribution in [0.2, 0.25) is 0 Å². The summed E-state index contributed by atoms with van der Waals surface area (Å²) in [5, 5.41) is 2.75. The maximum atomic E-state index is 13.8. The average Bonchev–Trinajstić information content (AvgIpc) is 2.91. The van der Waals surface area contributed by atoms with Crippen LogP contribution in [0.4, 0.5) is 8.78 Å². The highest BCUT2D eigenvalue weighted by molar-refractivity contribution is 7.13. The lowest BCUT2D eigenvalue weighted by molar-refractivity contribution is -0.131. The number of piperidine rings is 1. The number of hydrogen-bond acceptors (Lipinski definition) is 3. The monoisotopic (exact) mass is 348 g/mol. The maximum Gasteiger partial charge on any atom is 0.259 e. The number of alkyl halides is 2. The van der Waals surface area contributed by atoms with Crippen molar-refractivity contribution in [3.8, 4) is 10.6 Å². The average molecular weight is 348 g/mol. The van der Waals surface area contributed by atoms with Gasteiger partial charge in [0.25, 0.3) is 5.92 Å². The van der Waals surface area contributed by atoms with Crippen LogP contribution in [0.3, 0.4) is 0 Å². The fraction of sp³-hybridized carbons (Fsp3) is 0.444. The van der Waals surface area contributed by atoms with Crippen LogP contribution in [-0.4, -0.2) is 34.8 Å². The van der Waals surface area contributed by atoms with E-state index < -0.39 is 17.3 Å². The lowest BCUT2D eigenvalue weighted by Crippen LogP contribution is -2.39. The largest absolute Gasteiger partial charge is 0.342 e. The molecule has 1 aliphatic heterocycles. The van der Waals surface area contributed by atoms with Gasteiger partial charge in [-0.15, -0.1) is 11.3 Å². The van der Waals surface area contributed by atoms with Crippen molar-refractivity contribution in [1.29, 1.82) is 0 Å². The van der Waals surface area contributed by atoms with Crippen molar-refractivity contribution in [1.82, 2.24) is 9.88 Å². The van der Waals surface area contributed by atoms with Crippen molar-refractivity contribution >= 4 is 17.2 Å². The van der Waals surface area contributed by atoms with Gasteiger partial charge < -0.3 is 4.90 Å². The van der Waals surface area contributed by atoms with E-state index in [-0.39, 0.29) is 18.9 Å². The molecule has 2 fully saturated rings. The Hall–Kier alpha value is -1.82. The Balaban J connectivity index is 1.42. The topological polar surface area (TPSA) is 33.2 Å². The number of carbonyl (C=O) groups excluding carboxylic acids is 1. The molecule has 3 nitrogen and oxygen atoms in total. The maximum absolute atomic E-state index is 13.8. The predicted octanol–water partition coefficient (Wildman–Crippen LogP) is 3.86. The molecular weight excluding hydrogens is 330 g/mol. The highest BCUT2D eigenvalue weighted by atomic mass is 32.1. The Morgan fingerprint density at radius 1 is 1.38 bits per heavy atom. The van der Waals surface area contributed by atoms with Crippen LogP contribution in [0.5, 0.6) is 0 Å². The Morgan fingerprint density at radius 3 is 2.83 bits per heavy atom. The molecule has 1 amide bonds. The van der Waals surface area contributed by atoms with Crippen LogP contribution in [-0.2, 0) is 11.2 Å². The summed E-state index contributed by atoms with van der Waals surface area (Å²) in [6.45, 7) is 2.21. The summed E-state index contributed by atoms with van der Waals surface area (Å²) in [6, 6.07) is 9.79. The zero-order valence-electron chi connectivity index (χ0n) is 13.3. The summed E-state index contributed by atoms with van der Waals surface area (Å²) in [6.07, 6.45) is 0.557. The SMILES string of the molecule is C[C@]12CCN(C(=O)Cc3csc(-c4ccccc4)n3)C[C@H]1C2(F)F. The molecule has 2 aliphatic rings. The van der Waals surface area contributed by atoms with Crippen molar-refractivity contribution in [2.45, 2.75) is 25.7 Å². The van der Waals surface area contributed by atoms with Gasteiger partial charge in [0.15, 0.2) is 0 Å². The van der Waals surface area contributed by atoms with Gasteiger partial charge >= 0.3 is 0 Å². The number of rotatable bonds is 3. The van der Waals surface area contributed by atoms with Gasteiger partial charge in [0.05, 0.1) is 18.0 Å². The van der Waals surface area contributed by atoms with E-state index in [2.05, 4.69) is 4.98 Å². The summed E-state index contributed by atoms with van der Waals surface area (Å²) in [4.78, 5) is 18.5. The van der Waals surface area contributed by atoms with E-state index in [1.54, 1.807) is 11.8 Å². The minimum atomic E-state index is -2.62. The van der Waals surface area contributed by atoms with E-state index in [1.807, 2.05) is 35.7 Å². The highest BCUT2D eigenvalue weighted by Gasteiger charge is 2.78. The van der Waals surface area contributed by atoms with Gasteiger partial charge in [-0.05, 0) is 6.42 Å². The number of aromatic nitrogens is 1. The number of carbonyl (C=O) groups is 1. The van der Waals surface area contributed by atoms with E-state index in [4.69, 9.17) is 0 Å². The van der Waals surface area contributed by atoms with Gasteiger partial charge in [0.2, 0.25) is 5.91 Å². The standard InChI is InChI=1S/C18H18F2N2OS/c1-17-7-8-22(10-14(17)18(17,19)20)15(23)9-13-11-24-16(21-13)12-5-3-2-4-6-12/h2-6,11,14H,7-10H2,1H3/t14-,17+/m1/s1. The molecule has 0 spiro atoms. The molecule has 2 aromatic rings. The van der Waals surface area contributed by atoms with Gasteiger partial charge in [-0.2, -0.15) is 0 Å². The first-order chi connectivity index (χ1) is 11.4. The van der Waals surface area contributed by atoms with Crippen LogP contribution in [0.1, 0.15) is 19.0 Å². The fourth-order valence-electron chi connectivity index (χ4n) is 3.60. The molecule has 2 heterocycles. The van der Waals surface area contributed by atoms with Crippen LogP contribution in [0.15, 0.2) is 35.7 Å². The molecule has 2 atom stereocenters. The summed E-state index contributed by atoms with van der Waals surface area (Å²) >= 11 is 1.50. The smallest absolute Gasteiger partial charge is 0.259 e. The van der Waals surface area contributed by atoms with Gasteiger partial charge in [0.1, 0.15) is 5.01 Å². The molecule has 6 heteroatoms. The zero-order chi connectivity index (χ0) is 16.9. The number of nitrogens with zero attached hydrogens (tertiary/aromatic N) is 2. The quantitative estimate of drug-likeness (QED) is 0.844. The first-order valence-electron chi connectivity index (χ1n) is 8.07. The molecule has 126 valence electrons. The lowest BCUT2D eigenvalue weighted by atomic mass is 9.97. The van der Waals surface area contributed by atoms with E-state index in [1.165, 1.54) is 11.3 Å². The molecule has 1 aliphatic carbocycles. The summed E-state index contributed by atoms with van der Waals surface area (Å²) in [5.41, 5.74) is 0.831. The van der Waals surface area contributed by atoms with E-state index in [0.717, 1.165) is 10.6 Å². The van der Waals surface area contributed by atoms with Gasteiger partial charge in [-0.1, -0.05) is 37.3 Å². The molecule has 0 radical (unpaired) electrons. The van der Waals surface area contributed by atoms with Crippen molar-refractivity contribution in [3.05, 3.63) is 41.4 Å². The molecule has 1 saturated carbocycles. The fourth-order valence-corrected chi connectivity index (χ4v) is 4.43. The molecule has 0 unspecified atom stereocenters. The Labute approximate surface area is 143 Å². The van der Waals surface area contributed by atoms with Crippen LogP contribution in [0.25, 0.3) is 10.6 Å². The molecule has 0 N–H and O–H groups in total. The summed E-state index contributed by atoms with van der Waals surface area (Å²) in [5.74, 6) is -3.41. The number of hydrogen-bond donors (Lipinski definition) is 0. The Kier molecular flexibility index (Phi) is 3.49. The third-order valence-corrected chi connectivity index (χ3v) is 6.39. The molecule has 1 saturated heterocycles. The normalized spacial score (nSPS) is 27.6. The second kappa shape index (κ2) is 5.34. The van der Waals surface area contributed by atoms with Crippen molar-refractivity contribution < 1.29 is 13.6 Å². The molecular formula is C18H18F2N2OS. The number of benzene rings is 1. The molecule has 1 aromatic heterocycles. The molecule has 0 bridgehead atoms. The third kappa shape index (κ3) is 2.35. The molecule has 4 rings (SSSR count). The number of halogens is 2. The van der Waals surface area contributed by atoms with Crippen molar-refractivity contribution in [2.24, 2.45) is 11.3 Å². The molecule has 24 heavy (non-hydrogen) atoms. The minimum Gasteiger partial charge on any atom is -0.342 e. The van der Waals surface area contributed by atoms with Gasteiger partial charge in [0, 0.05) is 29.4 Å². The highest BCUT2D eigenvalue weighted by Crippen LogP contribution is 2.69. The van der Waals surface area contributed by atoms with Crippen LogP contribution in [0, 0.1) is 11.3 Å². The zero-order valence-corrected chi connectivity index (χ0v) is 14.2.